The molecule has 0 aromatic heterocycles. The van der Waals surface area contributed by atoms with Crippen LogP contribution in [0.2, 0.25) is 0 Å². The third kappa shape index (κ3) is 9.88. The van der Waals surface area contributed by atoms with E-state index in [4.69, 9.17) is 0 Å². The molecule has 0 saturated heterocycles. The number of carbonyl (C=O) groups excluding carboxylic acids is 1. The summed E-state index contributed by atoms with van der Waals surface area (Å²) in [5.41, 5.74) is 0. The lowest BCUT2D eigenvalue weighted by atomic mass is 10.3. The zero-order chi connectivity index (χ0) is 12.6. The minimum absolute atomic E-state index is 0.0938. The second-order valence-electron chi connectivity index (χ2n) is 4.00. The molecule has 0 aliphatic heterocycles. The van der Waals surface area contributed by atoms with Crippen molar-refractivity contribution in [2.24, 2.45) is 0 Å². The van der Waals surface area contributed by atoms with Gasteiger partial charge < -0.3 is 14.8 Å². The second-order valence-corrected chi connectivity index (χ2v) is 5.93. The number of carbonyl (C=O) groups is 1. The van der Waals surface area contributed by atoms with Gasteiger partial charge in [0, 0.05) is 18.9 Å². The van der Waals surface area contributed by atoms with E-state index in [0.29, 0.717) is 6.54 Å². The molecule has 0 aromatic carbocycles. The van der Waals surface area contributed by atoms with E-state index in [2.05, 4.69) is 4.72 Å². The molecule has 0 aliphatic carbocycles. The Morgan fingerprint density at radius 3 is 2.44 bits per heavy atom. The predicted molar refractivity (Wildman–Crippen MR) is 58.3 cm³/mol. The fourth-order valence-electron chi connectivity index (χ4n) is 1.15. The van der Waals surface area contributed by atoms with E-state index >= 15 is 0 Å². The molecular formula is C9H20N2O4S. The van der Waals surface area contributed by atoms with E-state index < -0.39 is 16.0 Å². The molecule has 0 radical (unpaired) electrons. The van der Waals surface area contributed by atoms with Gasteiger partial charge in [-0.2, -0.15) is 0 Å². The summed E-state index contributed by atoms with van der Waals surface area (Å²) in [5, 5.41) is 10.1. The third-order valence-electron chi connectivity index (χ3n) is 1.97. The molecule has 0 amide bonds. The molecule has 0 rings (SSSR count). The van der Waals surface area contributed by atoms with Crippen molar-refractivity contribution in [1.29, 1.82) is 0 Å². The maximum Gasteiger partial charge on any atom is 0.211 e. The number of sulfonamides is 1. The van der Waals surface area contributed by atoms with Crippen LogP contribution in [0.15, 0.2) is 0 Å². The number of hydrogen-bond acceptors (Lipinski definition) is 4. The van der Waals surface area contributed by atoms with Crippen LogP contribution in [0, 0.1) is 0 Å². The fourth-order valence-corrected chi connectivity index (χ4v) is 2.27. The quantitative estimate of drug-likeness (QED) is 0.427. The van der Waals surface area contributed by atoms with Crippen LogP contribution >= 0.6 is 0 Å². The zero-order valence-electron chi connectivity index (χ0n) is 9.78. The van der Waals surface area contributed by atoms with Gasteiger partial charge in [0.15, 0.2) is 0 Å². The number of aliphatic carboxylic acids is 1. The molecule has 0 aromatic rings. The van der Waals surface area contributed by atoms with Crippen LogP contribution in [-0.2, 0) is 14.8 Å². The average Bonchev–Trinajstić information content (AvgIpc) is 2.11. The maximum absolute atomic E-state index is 11.3. The smallest absolute Gasteiger partial charge is 0.211 e. The van der Waals surface area contributed by atoms with Crippen molar-refractivity contribution in [3.05, 3.63) is 0 Å². The summed E-state index contributed by atoms with van der Waals surface area (Å²) in [6.07, 6.45) is 0.640. The standard InChI is InChI=1S/C9H20N2O4S/c1-11(2)7-4-6-10-16(14,15)8-3-5-9(12)13/h10H,3-8H2,1-2H3,(H,12,13). The topological polar surface area (TPSA) is 90.7 Å². The summed E-state index contributed by atoms with van der Waals surface area (Å²) < 4.78 is 25.1. The summed E-state index contributed by atoms with van der Waals surface area (Å²) in [7, 11) is 0.663. The molecular weight excluding hydrogens is 232 g/mol. The van der Waals surface area contributed by atoms with Gasteiger partial charge in [-0.05, 0) is 12.8 Å². The van der Waals surface area contributed by atoms with Crippen LogP contribution in [0.4, 0.5) is 0 Å². The van der Waals surface area contributed by atoms with Crippen molar-refractivity contribution in [3.8, 4) is 0 Å². The molecule has 0 saturated carbocycles. The SMILES string of the molecule is C[NH+](C)CCCNS(=O)(=O)CCCC(=O)[O-]. The number of carboxylic acids is 1. The van der Waals surface area contributed by atoms with Gasteiger partial charge in [-0.3, -0.25) is 0 Å². The largest absolute Gasteiger partial charge is 0.550 e. The first-order valence-corrected chi connectivity index (χ1v) is 6.95. The maximum atomic E-state index is 11.3. The molecule has 2 N–H and O–H groups in total. The lowest BCUT2D eigenvalue weighted by molar-refractivity contribution is -0.858. The highest BCUT2D eigenvalue weighted by Gasteiger charge is 2.09. The molecule has 96 valence electrons. The van der Waals surface area contributed by atoms with Gasteiger partial charge in [-0.1, -0.05) is 0 Å². The summed E-state index contributed by atoms with van der Waals surface area (Å²) in [4.78, 5) is 11.4. The third-order valence-corrected chi connectivity index (χ3v) is 3.44. The van der Waals surface area contributed by atoms with E-state index in [0.717, 1.165) is 13.0 Å². The van der Waals surface area contributed by atoms with Crippen LogP contribution in [-0.4, -0.2) is 47.3 Å². The molecule has 6 nitrogen and oxygen atoms in total. The molecule has 0 fully saturated rings. The number of quaternary nitrogens is 1. The molecule has 0 bridgehead atoms. The van der Waals surface area contributed by atoms with Gasteiger partial charge in [0.05, 0.1) is 26.4 Å². The van der Waals surface area contributed by atoms with Crippen LogP contribution < -0.4 is 14.7 Å². The van der Waals surface area contributed by atoms with E-state index in [-0.39, 0.29) is 18.6 Å². The molecule has 16 heavy (non-hydrogen) atoms. The Balaban J connectivity index is 3.67. The monoisotopic (exact) mass is 252 g/mol. The molecule has 0 spiro atoms. The van der Waals surface area contributed by atoms with Gasteiger partial charge in [0.1, 0.15) is 0 Å². The van der Waals surface area contributed by atoms with Gasteiger partial charge in [0.2, 0.25) is 10.0 Å². The van der Waals surface area contributed by atoms with E-state index in [9.17, 15) is 18.3 Å². The Kier molecular flexibility index (Phi) is 7.27. The van der Waals surface area contributed by atoms with E-state index in [1.807, 2.05) is 14.1 Å². The Morgan fingerprint density at radius 1 is 1.31 bits per heavy atom. The van der Waals surface area contributed by atoms with Gasteiger partial charge in [0.25, 0.3) is 0 Å². The average molecular weight is 252 g/mol. The number of carboxylic acid groups (broad SMARTS) is 1. The minimum atomic E-state index is -3.33. The molecule has 0 atom stereocenters. The lowest BCUT2D eigenvalue weighted by Gasteiger charge is -2.08. The van der Waals surface area contributed by atoms with Crippen LogP contribution in [0.3, 0.4) is 0 Å². The molecule has 7 heteroatoms. The Labute approximate surface area is 96.7 Å². The van der Waals surface area contributed by atoms with Gasteiger partial charge in [-0.25, -0.2) is 13.1 Å². The Hall–Kier alpha value is -0.660. The summed E-state index contributed by atoms with van der Waals surface area (Å²) in [5.74, 6) is -1.37. The number of rotatable bonds is 9. The van der Waals surface area contributed by atoms with Crippen LogP contribution in [0.25, 0.3) is 0 Å². The predicted octanol–water partition coefficient (Wildman–Crippen LogP) is -3.03. The van der Waals surface area contributed by atoms with Crippen molar-refractivity contribution in [3.63, 3.8) is 0 Å². The first kappa shape index (κ1) is 15.3. The fraction of sp³-hybridized carbons (Fsp3) is 0.889. The Bertz CT molecular complexity index is 301. The number of nitrogens with one attached hydrogen (secondary N) is 2. The zero-order valence-corrected chi connectivity index (χ0v) is 10.6. The highest BCUT2D eigenvalue weighted by atomic mass is 32.2. The van der Waals surface area contributed by atoms with Crippen molar-refractivity contribution < 1.29 is 23.2 Å². The van der Waals surface area contributed by atoms with E-state index in [1.54, 1.807) is 0 Å². The van der Waals surface area contributed by atoms with Gasteiger partial charge in [-0.15, -0.1) is 0 Å². The van der Waals surface area contributed by atoms with Crippen molar-refractivity contribution in [2.45, 2.75) is 19.3 Å². The highest BCUT2D eigenvalue weighted by molar-refractivity contribution is 7.89. The Morgan fingerprint density at radius 2 is 1.94 bits per heavy atom. The summed E-state index contributed by atoms with van der Waals surface area (Å²) >= 11 is 0. The van der Waals surface area contributed by atoms with Crippen LogP contribution in [0.5, 0.6) is 0 Å². The van der Waals surface area contributed by atoms with E-state index in [1.165, 1.54) is 4.90 Å². The highest BCUT2D eigenvalue weighted by Crippen LogP contribution is 1.93. The lowest BCUT2D eigenvalue weighted by Crippen LogP contribution is -3.05. The van der Waals surface area contributed by atoms with Crippen LogP contribution in [0.1, 0.15) is 19.3 Å². The van der Waals surface area contributed by atoms with Crippen molar-refractivity contribution >= 4 is 16.0 Å². The first-order valence-electron chi connectivity index (χ1n) is 5.30. The minimum Gasteiger partial charge on any atom is -0.550 e. The molecule has 0 unspecified atom stereocenters. The second kappa shape index (κ2) is 7.59. The van der Waals surface area contributed by atoms with Crippen molar-refractivity contribution in [1.82, 2.24) is 4.72 Å². The molecule has 0 heterocycles. The first-order chi connectivity index (χ1) is 7.33. The van der Waals surface area contributed by atoms with Crippen molar-refractivity contribution in [2.75, 3.05) is 32.9 Å². The van der Waals surface area contributed by atoms with Gasteiger partial charge >= 0.3 is 0 Å². The summed E-state index contributed by atoms with van der Waals surface area (Å²) in [6.45, 7) is 1.29. The molecule has 0 aliphatic rings. The summed E-state index contributed by atoms with van der Waals surface area (Å²) in [6, 6.07) is 0. The number of hydrogen-bond donors (Lipinski definition) is 2. The normalized spacial score (nSPS) is 11.9.